The Morgan fingerprint density at radius 1 is 1.29 bits per heavy atom. The molecule has 3 rings (SSSR count). The summed E-state index contributed by atoms with van der Waals surface area (Å²) in [5.41, 5.74) is 2.68. The summed E-state index contributed by atoms with van der Waals surface area (Å²) in [5.74, 6) is -1.16. The number of aromatic carboxylic acids is 1. The predicted molar refractivity (Wildman–Crippen MR) is 84.3 cm³/mol. The molecular formula is C16H16BNO3. The van der Waals surface area contributed by atoms with Crippen LogP contribution in [0.25, 0.3) is 11.1 Å². The molecule has 1 aliphatic carbocycles. The van der Waals surface area contributed by atoms with Crippen LogP contribution in [-0.4, -0.2) is 23.5 Å². The van der Waals surface area contributed by atoms with Gasteiger partial charge in [-0.15, -0.1) is 0 Å². The van der Waals surface area contributed by atoms with Crippen molar-refractivity contribution < 1.29 is 9.90 Å². The van der Waals surface area contributed by atoms with Crippen molar-refractivity contribution in [3.8, 4) is 11.1 Å². The normalized spacial score (nSPS) is 14.1. The lowest BCUT2D eigenvalue weighted by Crippen LogP contribution is -2.22. The van der Waals surface area contributed by atoms with Crippen molar-refractivity contribution in [2.45, 2.75) is 25.8 Å². The van der Waals surface area contributed by atoms with Gasteiger partial charge in [0.05, 0.1) is 0 Å². The number of hydrogen-bond acceptors (Lipinski definition) is 2. The summed E-state index contributed by atoms with van der Waals surface area (Å²) in [6, 6.07) is 7.95. The number of hydrogen-bond donors (Lipinski definition) is 1. The number of benzene rings is 1. The van der Waals surface area contributed by atoms with Gasteiger partial charge in [0.2, 0.25) is 5.43 Å². The Morgan fingerprint density at radius 3 is 2.43 bits per heavy atom. The molecule has 21 heavy (non-hydrogen) atoms. The van der Waals surface area contributed by atoms with Crippen LogP contribution in [0.3, 0.4) is 0 Å². The molecule has 0 radical (unpaired) electrons. The van der Waals surface area contributed by atoms with E-state index in [0.29, 0.717) is 11.6 Å². The molecule has 1 saturated carbocycles. The summed E-state index contributed by atoms with van der Waals surface area (Å²) >= 11 is 0. The lowest BCUT2D eigenvalue weighted by molar-refractivity contribution is 0.0694. The Hall–Kier alpha value is -2.30. The molecule has 1 aromatic carbocycles. The standard InChI is InChI=1S/C16H16BNO3/c1-9-14(10-2-4-11(17)5-3-10)15(19)13(16(20)21)8-18(9)12-6-7-12/h2-5,8,12H,6-7,17H2,1H3,(H,20,21). The molecule has 5 heteroatoms. The minimum Gasteiger partial charge on any atom is -0.477 e. The average Bonchev–Trinajstić information content (AvgIpc) is 3.25. The highest BCUT2D eigenvalue weighted by Crippen LogP contribution is 2.37. The smallest absolute Gasteiger partial charge is 0.341 e. The number of pyridine rings is 1. The summed E-state index contributed by atoms with van der Waals surface area (Å²) in [4.78, 5) is 23.9. The van der Waals surface area contributed by atoms with Gasteiger partial charge >= 0.3 is 5.97 Å². The van der Waals surface area contributed by atoms with E-state index in [4.69, 9.17) is 0 Å². The molecule has 0 saturated heterocycles. The molecule has 1 aromatic heterocycles. The minimum absolute atomic E-state index is 0.150. The Labute approximate surface area is 123 Å². The van der Waals surface area contributed by atoms with Crippen molar-refractivity contribution >= 4 is 19.3 Å². The molecule has 106 valence electrons. The van der Waals surface area contributed by atoms with Crippen LogP contribution in [-0.2, 0) is 0 Å². The third-order valence-electron chi connectivity index (χ3n) is 4.00. The predicted octanol–water partition coefficient (Wildman–Crippen LogP) is 1.12. The molecule has 1 N–H and O–H groups in total. The highest BCUT2D eigenvalue weighted by molar-refractivity contribution is 6.32. The first kappa shape index (κ1) is 13.7. The van der Waals surface area contributed by atoms with Crippen LogP contribution in [0.5, 0.6) is 0 Å². The van der Waals surface area contributed by atoms with Gasteiger partial charge in [-0.05, 0) is 25.3 Å². The van der Waals surface area contributed by atoms with Gasteiger partial charge in [-0.1, -0.05) is 29.7 Å². The van der Waals surface area contributed by atoms with Crippen molar-refractivity contribution in [2.24, 2.45) is 0 Å². The summed E-state index contributed by atoms with van der Waals surface area (Å²) in [7, 11) is 1.98. The van der Waals surface area contributed by atoms with Crippen LogP contribution in [0.15, 0.2) is 35.3 Å². The van der Waals surface area contributed by atoms with Gasteiger partial charge in [0.15, 0.2) is 0 Å². The van der Waals surface area contributed by atoms with Gasteiger partial charge in [-0.2, -0.15) is 0 Å². The van der Waals surface area contributed by atoms with Crippen LogP contribution in [0.1, 0.15) is 34.9 Å². The molecule has 0 unspecified atom stereocenters. The minimum atomic E-state index is -1.16. The van der Waals surface area contributed by atoms with E-state index in [2.05, 4.69) is 0 Å². The maximum atomic E-state index is 12.5. The Bertz CT molecular complexity index is 773. The molecule has 4 nitrogen and oxygen atoms in total. The van der Waals surface area contributed by atoms with Crippen LogP contribution in [0.4, 0.5) is 0 Å². The molecule has 0 bridgehead atoms. The summed E-state index contributed by atoms with van der Waals surface area (Å²) in [6.07, 6.45) is 3.57. The average molecular weight is 281 g/mol. The molecule has 0 amide bonds. The number of carbonyl (C=O) groups is 1. The van der Waals surface area contributed by atoms with Gasteiger partial charge in [-0.3, -0.25) is 4.79 Å². The second-order valence-corrected chi connectivity index (χ2v) is 5.64. The van der Waals surface area contributed by atoms with Crippen molar-refractivity contribution in [3.05, 3.63) is 51.9 Å². The fourth-order valence-electron chi connectivity index (χ4n) is 2.67. The van der Waals surface area contributed by atoms with E-state index < -0.39 is 11.4 Å². The molecule has 1 fully saturated rings. The van der Waals surface area contributed by atoms with E-state index in [1.54, 1.807) is 0 Å². The van der Waals surface area contributed by atoms with Crippen LogP contribution in [0.2, 0.25) is 0 Å². The first-order valence-corrected chi connectivity index (χ1v) is 7.05. The molecule has 1 aliphatic rings. The van der Waals surface area contributed by atoms with Crippen molar-refractivity contribution in [1.29, 1.82) is 0 Å². The number of carboxylic acids is 1. The van der Waals surface area contributed by atoms with Crippen molar-refractivity contribution in [2.75, 3.05) is 0 Å². The van der Waals surface area contributed by atoms with E-state index >= 15 is 0 Å². The van der Waals surface area contributed by atoms with E-state index in [1.807, 2.05) is 43.6 Å². The van der Waals surface area contributed by atoms with Crippen molar-refractivity contribution in [1.82, 2.24) is 4.57 Å². The highest BCUT2D eigenvalue weighted by Gasteiger charge is 2.28. The quantitative estimate of drug-likeness (QED) is 0.857. The van der Waals surface area contributed by atoms with E-state index in [1.165, 1.54) is 6.20 Å². The van der Waals surface area contributed by atoms with Crippen LogP contribution in [0, 0.1) is 6.92 Å². The molecular weight excluding hydrogens is 265 g/mol. The highest BCUT2D eigenvalue weighted by atomic mass is 16.4. The summed E-state index contributed by atoms with van der Waals surface area (Å²) in [5, 5.41) is 9.29. The van der Waals surface area contributed by atoms with Gasteiger partial charge in [0.1, 0.15) is 13.4 Å². The third-order valence-corrected chi connectivity index (χ3v) is 4.00. The zero-order valence-electron chi connectivity index (χ0n) is 12.1. The molecule has 2 aromatic rings. The molecule has 1 heterocycles. The fourth-order valence-corrected chi connectivity index (χ4v) is 2.67. The topological polar surface area (TPSA) is 59.3 Å². The van der Waals surface area contributed by atoms with Crippen molar-refractivity contribution in [3.63, 3.8) is 0 Å². The molecule has 0 atom stereocenters. The monoisotopic (exact) mass is 281 g/mol. The largest absolute Gasteiger partial charge is 0.477 e. The van der Waals surface area contributed by atoms with Gasteiger partial charge < -0.3 is 9.67 Å². The van der Waals surface area contributed by atoms with E-state index in [9.17, 15) is 14.7 Å². The summed E-state index contributed by atoms with van der Waals surface area (Å²) < 4.78 is 1.94. The van der Waals surface area contributed by atoms with Gasteiger partial charge in [0.25, 0.3) is 0 Å². The Kier molecular flexibility index (Phi) is 3.20. The van der Waals surface area contributed by atoms with Crippen LogP contribution >= 0.6 is 0 Å². The lowest BCUT2D eigenvalue weighted by Gasteiger charge is -2.15. The van der Waals surface area contributed by atoms with E-state index in [-0.39, 0.29) is 5.56 Å². The Balaban J connectivity index is 2.29. The molecule has 0 aliphatic heterocycles. The van der Waals surface area contributed by atoms with Gasteiger partial charge in [-0.25, -0.2) is 4.79 Å². The second kappa shape index (κ2) is 4.92. The lowest BCUT2D eigenvalue weighted by atomic mass is 9.93. The first-order valence-electron chi connectivity index (χ1n) is 7.05. The number of nitrogens with zero attached hydrogens (tertiary/aromatic N) is 1. The Morgan fingerprint density at radius 2 is 1.90 bits per heavy atom. The fraction of sp³-hybridized carbons (Fsp3) is 0.250. The first-order chi connectivity index (χ1) is 9.99. The number of aromatic nitrogens is 1. The van der Waals surface area contributed by atoms with Crippen LogP contribution < -0.4 is 10.9 Å². The maximum absolute atomic E-state index is 12.5. The zero-order valence-corrected chi connectivity index (χ0v) is 12.1. The zero-order chi connectivity index (χ0) is 15.1. The SMILES string of the molecule is Bc1ccc(-c2c(C)n(C3CC3)cc(C(=O)O)c2=O)cc1. The summed E-state index contributed by atoms with van der Waals surface area (Å²) in [6.45, 7) is 1.89. The third kappa shape index (κ3) is 2.39. The number of rotatable bonds is 3. The maximum Gasteiger partial charge on any atom is 0.341 e. The second-order valence-electron chi connectivity index (χ2n) is 5.64. The molecule has 0 spiro atoms. The van der Waals surface area contributed by atoms with Gasteiger partial charge in [0, 0.05) is 23.5 Å². The van der Waals surface area contributed by atoms with E-state index in [0.717, 1.165) is 29.6 Å². The number of carboxylic acid groups (broad SMARTS) is 1.